The van der Waals surface area contributed by atoms with E-state index in [0.717, 1.165) is 6.07 Å². The van der Waals surface area contributed by atoms with Crippen molar-refractivity contribution in [3.05, 3.63) is 29.1 Å². The molecular formula is C12H16ClFN2O. The minimum absolute atomic E-state index is 0. The Morgan fingerprint density at radius 2 is 1.94 bits per heavy atom. The molecule has 0 aliphatic carbocycles. The molecule has 0 aliphatic heterocycles. The van der Waals surface area contributed by atoms with Crippen LogP contribution in [0.1, 0.15) is 37.9 Å². The number of phenolic OH excluding ortho intramolecular Hbond substituents is 1. The van der Waals surface area contributed by atoms with Gasteiger partial charge in [-0.15, -0.1) is 12.4 Å². The fraction of sp³-hybridized carbons (Fsp3) is 0.417. The van der Waals surface area contributed by atoms with E-state index in [1.807, 2.05) is 26.8 Å². The molecule has 0 aliphatic rings. The van der Waals surface area contributed by atoms with E-state index in [4.69, 9.17) is 11.0 Å². The molecular weight excluding hydrogens is 243 g/mol. The van der Waals surface area contributed by atoms with Gasteiger partial charge in [-0.3, -0.25) is 0 Å². The van der Waals surface area contributed by atoms with Crippen molar-refractivity contribution in [1.29, 1.82) is 5.26 Å². The second kappa shape index (κ2) is 5.35. The van der Waals surface area contributed by atoms with Gasteiger partial charge in [-0.2, -0.15) is 5.26 Å². The van der Waals surface area contributed by atoms with Gasteiger partial charge in [0.25, 0.3) is 0 Å². The van der Waals surface area contributed by atoms with Gasteiger partial charge >= 0.3 is 0 Å². The summed E-state index contributed by atoms with van der Waals surface area (Å²) in [7, 11) is 0. The van der Waals surface area contributed by atoms with Gasteiger partial charge < -0.3 is 10.8 Å². The maximum atomic E-state index is 13.2. The van der Waals surface area contributed by atoms with Crippen molar-refractivity contribution < 1.29 is 9.50 Å². The maximum Gasteiger partial charge on any atom is 0.165 e. The summed E-state index contributed by atoms with van der Waals surface area (Å²) < 4.78 is 13.2. The van der Waals surface area contributed by atoms with Crippen LogP contribution in [0.3, 0.4) is 0 Å². The minimum Gasteiger partial charge on any atom is -0.505 e. The zero-order valence-corrected chi connectivity index (χ0v) is 10.8. The van der Waals surface area contributed by atoms with Crippen molar-refractivity contribution in [2.75, 3.05) is 0 Å². The number of hydrogen-bond donors (Lipinski definition) is 2. The second-order valence-electron chi connectivity index (χ2n) is 4.81. The van der Waals surface area contributed by atoms with Gasteiger partial charge in [0, 0.05) is 11.6 Å². The van der Waals surface area contributed by atoms with Crippen LogP contribution >= 0.6 is 12.4 Å². The largest absolute Gasteiger partial charge is 0.505 e. The summed E-state index contributed by atoms with van der Waals surface area (Å²) >= 11 is 0. The summed E-state index contributed by atoms with van der Waals surface area (Å²) in [5, 5.41) is 18.5. The minimum atomic E-state index is -0.756. The molecule has 0 amide bonds. The Kier molecular flexibility index (Phi) is 4.94. The van der Waals surface area contributed by atoms with Crippen LogP contribution in [0.25, 0.3) is 0 Å². The molecule has 0 saturated heterocycles. The van der Waals surface area contributed by atoms with Crippen molar-refractivity contribution >= 4 is 12.4 Å². The van der Waals surface area contributed by atoms with E-state index < -0.39 is 17.6 Å². The summed E-state index contributed by atoms with van der Waals surface area (Å²) in [6, 6.07) is 3.70. The molecule has 17 heavy (non-hydrogen) atoms. The number of nitrogens with zero attached hydrogens (tertiary/aromatic N) is 1. The molecule has 0 bridgehead atoms. The molecule has 3 N–H and O–H groups in total. The molecule has 0 saturated carbocycles. The van der Waals surface area contributed by atoms with Gasteiger partial charge in [-0.25, -0.2) is 4.39 Å². The molecule has 0 radical (unpaired) electrons. The first-order chi connectivity index (χ1) is 7.29. The second-order valence-corrected chi connectivity index (χ2v) is 4.81. The van der Waals surface area contributed by atoms with E-state index in [-0.39, 0.29) is 28.9 Å². The van der Waals surface area contributed by atoms with Gasteiger partial charge in [-0.1, -0.05) is 20.8 Å². The van der Waals surface area contributed by atoms with Crippen LogP contribution in [0.5, 0.6) is 5.75 Å². The number of aromatic hydroxyl groups is 1. The Labute approximate surface area is 106 Å². The molecule has 0 spiro atoms. The fourth-order valence-electron chi connectivity index (χ4n) is 1.43. The number of nitrogens with two attached hydrogens (primary N) is 1. The molecule has 1 rings (SSSR count). The molecule has 0 fully saturated rings. The van der Waals surface area contributed by atoms with E-state index in [9.17, 15) is 9.50 Å². The van der Waals surface area contributed by atoms with Crippen molar-refractivity contribution in [3.63, 3.8) is 0 Å². The quantitative estimate of drug-likeness (QED) is 0.814. The lowest BCUT2D eigenvalue weighted by atomic mass is 9.81. The summed E-state index contributed by atoms with van der Waals surface area (Å²) in [5.74, 6) is -1.28. The zero-order chi connectivity index (χ0) is 12.5. The van der Waals surface area contributed by atoms with Crippen LogP contribution in [0, 0.1) is 22.6 Å². The normalized spacial score (nSPS) is 12.5. The number of phenols is 1. The predicted molar refractivity (Wildman–Crippen MR) is 66.4 cm³/mol. The van der Waals surface area contributed by atoms with Crippen LogP contribution in [-0.2, 0) is 0 Å². The van der Waals surface area contributed by atoms with Gasteiger partial charge in [0.15, 0.2) is 11.6 Å². The Bertz CT molecular complexity index is 449. The van der Waals surface area contributed by atoms with Crippen LogP contribution in [-0.4, -0.2) is 5.11 Å². The average molecular weight is 259 g/mol. The fourth-order valence-corrected chi connectivity index (χ4v) is 1.43. The van der Waals surface area contributed by atoms with E-state index in [2.05, 4.69) is 0 Å². The third kappa shape index (κ3) is 3.09. The lowest BCUT2D eigenvalue weighted by Crippen LogP contribution is -2.27. The topological polar surface area (TPSA) is 70.0 Å². The highest BCUT2D eigenvalue weighted by Gasteiger charge is 2.28. The molecule has 3 nitrogen and oxygen atoms in total. The first-order valence-electron chi connectivity index (χ1n) is 4.96. The number of benzene rings is 1. The van der Waals surface area contributed by atoms with Crippen molar-refractivity contribution in [2.45, 2.75) is 26.8 Å². The van der Waals surface area contributed by atoms with Gasteiger partial charge in [0.2, 0.25) is 0 Å². The third-order valence-electron chi connectivity index (χ3n) is 2.53. The summed E-state index contributed by atoms with van der Waals surface area (Å²) in [5.41, 5.74) is 5.96. The van der Waals surface area contributed by atoms with Crippen molar-refractivity contribution in [1.82, 2.24) is 0 Å². The molecule has 1 atom stereocenters. The first kappa shape index (κ1) is 15.7. The summed E-state index contributed by atoms with van der Waals surface area (Å²) in [4.78, 5) is 0. The van der Waals surface area contributed by atoms with Crippen LogP contribution in [0.4, 0.5) is 4.39 Å². The molecule has 94 valence electrons. The SMILES string of the molecule is CC(C)(C)[C@H](N)c1c(C#N)ccc(F)c1O.Cl. The van der Waals surface area contributed by atoms with Crippen molar-refractivity contribution in [2.24, 2.45) is 11.1 Å². The Balaban J connectivity index is 0.00000256. The standard InChI is InChI=1S/C12H15FN2O.ClH/c1-12(2,3)11(15)9-7(6-14)4-5-8(13)10(9)16;/h4-5,11,16H,15H2,1-3H3;1H/t11-;/m1./s1. The van der Waals surface area contributed by atoms with E-state index in [1.165, 1.54) is 6.07 Å². The van der Waals surface area contributed by atoms with Crippen LogP contribution in [0.2, 0.25) is 0 Å². The van der Waals surface area contributed by atoms with Crippen molar-refractivity contribution in [3.8, 4) is 11.8 Å². The van der Waals surface area contributed by atoms with Crippen LogP contribution in [0.15, 0.2) is 12.1 Å². The molecule has 0 unspecified atom stereocenters. The summed E-state index contributed by atoms with van der Waals surface area (Å²) in [6.07, 6.45) is 0. The molecule has 0 heterocycles. The van der Waals surface area contributed by atoms with Crippen LogP contribution < -0.4 is 5.73 Å². The van der Waals surface area contributed by atoms with Gasteiger partial charge in [-0.05, 0) is 17.5 Å². The Morgan fingerprint density at radius 1 is 1.41 bits per heavy atom. The smallest absolute Gasteiger partial charge is 0.165 e. The van der Waals surface area contributed by atoms with E-state index >= 15 is 0 Å². The van der Waals surface area contributed by atoms with E-state index in [1.54, 1.807) is 0 Å². The highest BCUT2D eigenvalue weighted by atomic mass is 35.5. The zero-order valence-electron chi connectivity index (χ0n) is 9.99. The Hall–Kier alpha value is -1.31. The molecule has 5 heteroatoms. The monoisotopic (exact) mass is 258 g/mol. The number of hydrogen-bond acceptors (Lipinski definition) is 3. The average Bonchev–Trinajstić information content (AvgIpc) is 2.19. The highest BCUT2D eigenvalue weighted by Crippen LogP contribution is 2.38. The summed E-state index contributed by atoms with van der Waals surface area (Å²) in [6.45, 7) is 5.59. The van der Waals surface area contributed by atoms with Gasteiger partial charge in [0.1, 0.15) is 0 Å². The van der Waals surface area contributed by atoms with Gasteiger partial charge in [0.05, 0.1) is 11.6 Å². The number of halogens is 2. The highest BCUT2D eigenvalue weighted by molar-refractivity contribution is 5.85. The number of rotatable bonds is 1. The van der Waals surface area contributed by atoms with E-state index in [0.29, 0.717) is 0 Å². The lowest BCUT2D eigenvalue weighted by Gasteiger charge is -2.28. The lowest BCUT2D eigenvalue weighted by molar-refractivity contribution is 0.313. The molecule has 1 aromatic carbocycles. The molecule has 0 aromatic heterocycles. The Morgan fingerprint density at radius 3 is 2.35 bits per heavy atom. The predicted octanol–water partition coefficient (Wildman–Crippen LogP) is 2.87. The third-order valence-corrected chi connectivity index (χ3v) is 2.53. The molecule has 1 aromatic rings. The number of nitriles is 1. The maximum absolute atomic E-state index is 13.2. The first-order valence-corrected chi connectivity index (χ1v) is 4.96.